The lowest BCUT2D eigenvalue weighted by Crippen LogP contribution is -2.33. The summed E-state index contributed by atoms with van der Waals surface area (Å²) in [6.45, 7) is 0. The molecular formula is C14H12N2S2. The van der Waals surface area contributed by atoms with E-state index in [0.717, 1.165) is 5.69 Å². The van der Waals surface area contributed by atoms with E-state index in [0.29, 0.717) is 0 Å². The summed E-state index contributed by atoms with van der Waals surface area (Å²) in [4.78, 5) is 1.23. The molecule has 0 saturated carbocycles. The van der Waals surface area contributed by atoms with Crippen LogP contribution < -0.4 is 5.32 Å². The van der Waals surface area contributed by atoms with Crippen LogP contribution in [0.4, 0.5) is 5.69 Å². The Balaban J connectivity index is 2.16. The molecule has 3 unspecified atom stereocenters. The highest BCUT2D eigenvalue weighted by atomic mass is 32.1. The molecule has 1 N–H and O–H groups in total. The molecule has 1 aromatic heterocycles. The van der Waals surface area contributed by atoms with Crippen LogP contribution in [0.1, 0.15) is 16.4 Å². The highest BCUT2D eigenvalue weighted by Gasteiger charge is 2.36. The lowest BCUT2D eigenvalue weighted by molar-refractivity contribution is 0.572. The first-order chi connectivity index (χ1) is 8.81. The molecule has 1 aromatic carbocycles. The minimum atomic E-state index is -0.151. The largest absolute Gasteiger partial charge is 0.372 e. The fraction of sp³-hybridized carbons (Fsp3) is 0.214. The Morgan fingerprint density at radius 2 is 2.06 bits per heavy atom. The number of nitrogens with zero attached hydrogens (tertiary/aromatic N) is 1. The monoisotopic (exact) mass is 272 g/mol. The zero-order chi connectivity index (χ0) is 12.5. The lowest BCUT2D eigenvalue weighted by atomic mass is 9.81. The number of nitriles is 1. The van der Waals surface area contributed by atoms with Crippen molar-refractivity contribution in [3.05, 3.63) is 52.2 Å². The van der Waals surface area contributed by atoms with Crippen molar-refractivity contribution in [2.24, 2.45) is 5.92 Å². The van der Waals surface area contributed by atoms with Crippen molar-refractivity contribution in [3.8, 4) is 6.07 Å². The van der Waals surface area contributed by atoms with Gasteiger partial charge in [-0.1, -0.05) is 24.3 Å². The Morgan fingerprint density at radius 1 is 1.22 bits per heavy atom. The van der Waals surface area contributed by atoms with Gasteiger partial charge in [0.2, 0.25) is 0 Å². The van der Waals surface area contributed by atoms with Gasteiger partial charge in [-0.3, -0.25) is 0 Å². The summed E-state index contributed by atoms with van der Waals surface area (Å²) in [7, 11) is 0. The summed E-state index contributed by atoms with van der Waals surface area (Å²) in [6, 6.07) is 14.7. The van der Waals surface area contributed by atoms with Gasteiger partial charge in [0.25, 0.3) is 0 Å². The second-order valence-electron chi connectivity index (χ2n) is 4.32. The molecule has 2 heterocycles. The summed E-state index contributed by atoms with van der Waals surface area (Å²) in [5.74, 6) is -0.0307. The van der Waals surface area contributed by atoms with Crippen LogP contribution in [0.2, 0.25) is 0 Å². The third-order valence-electron chi connectivity index (χ3n) is 3.30. The molecule has 0 spiro atoms. The number of hydrogen-bond donors (Lipinski definition) is 2. The predicted molar refractivity (Wildman–Crippen MR) is 78.1 cm³/mol. The van der Waals surface area contributed by atoms with Crippen LogP contribution in [0.5, 0.6) is 0 Å². The van der Waals surface area contributed by atoms with Gasteiger partial charge in [0.1, 0.15) is 0 Å². The van der Waals surface area contributed by atoms with Crippen molar-refractivity contribution < 1.29 is 0 Å². The standard InChI is InChI=1S/C14H12N2S2/c15-8-10-13(12-6-3-7-18-12)9-4-1-2-5-11(9)16-14(10)17/h1-7,10,13-14,16-17H. The number of nitrogens with one attached hydrogen (secondary N) is 1. The van der Waals surface area contributed by atoms with Crippen molar-refractivity contribution in [2.45, 2.75) is 11.3 Å². The maximum atomic E-state index is 9.42. The average Bonchev–Trinajstić information content (AvgIpc) is 2.90. The molecule has 0 bridgehead atoms. The maximum Gasteiger partial charge on any atom is 0.0874 e. The molecule has 18 heavy (non-hydrogen) atoms. The normalized spacial score (nSPS) is 25.9. The first kappa shape index (κ1) is 11.6. The molecule has 0 saturated heterocycles. The van der Waals surface area contributed by atoms with E-state index in [1.165, 1.54) is 10.4 Å². The molecule has 3 atom stereocenters. The maximum absolute atomic E-state index is 9.42. The zero-order valence-electron chi connectivity index (χ0n) is 9.58. The number of benzene rings is 1. The molecule has 0 fully saturated rings. The quantitative estimate of drug-likeness (QED) is 0.776. The van der Waals surface area contributed by atoms with Gasteiger partial charge in [-0.25, -0.2) is 0 Å². The zero-order valence-corrected chi connectivity index (χ0v) is 11.3. The van der Waals surface area contributed by atoms with Crippen LogP contribution in [0.3, 0.4) is 0 Å². The van der Waals surface area contributed by atoms with Gasteiger partial charge in [0, 0.05) is 16.5 Å². The van der Waals surface area contributed by atoms with E-state index in [1.807, 2.05) is 24.3 Å². The van der Waals surface area contributed by atoms with Gasteiger partial charge in [-0.15, -0.1) is 11.3 Å². The van der Waals surface area contributed by atoms with Crippen molar-refractivity contribution in [2.75, 3.05) is 5.32 Å². The van der Waals surface area contributed by atoms with E-state index in [2.05, 4.69) is 41.5 Å². The van der Waals surface area contributed by atoms with Gasteiger partial charge in [0.15, 0.2) is 0 Å². The molecule has 1 aliphatic rings. The highest BCUT2D eigenvalue weighted by Crippen LogP contribution is 2.44. The van der Waals surface area contributed by atoms with Crippen LogP contribution in [0.15, 0.2) is 41.8 Å². The fourth-order valence-electron chi connectivity index (χ4n) is 2.47. The minimum Gasteiger partial charge on any atom is -0.372 e. The Labute approximate surface area is 116 Å². The smallest absolute Gasteiger partial charge is 0.0874 e. The number of fused-ring (bicyclic) bond motifs is 1. The summed E-state index contributed by atoms with van der Waals surface area (Å²) in [5, 5.41) is 14.7. The van der Waals surface area contributed by atoms with Crippen molar-refractivity contribution in [3.63, 3.8) is 0 Å². The first-order valence-corrected chi connectivity index (χ1v) is 7.17. The van der Waals surface area contributed by atoms with Crippen LogP contribution in [0, 0.1) is 17.2 Å². The summed E-state index contributed by atoms with van der Waals surface area (Å²) in [5.41, 5.74) is 2.28. The molecular weight excluding hydrogens is 260 g/mol. The Bertz CT molecular complexity index is 586. The third-order valence-corrected chi connectivity index (χ3v) is 4.70. The van der Waals surface area contributed by atoms with E-state index in [-0.39, 0.29) is 17.2 Å². The van der Waals surface area contributed by atoms with Crippen LogP contribution in [-0.4, -0.2) is 5.37 Å². The Morgan fingerprint density at radius 3 is 2.78 bits per heavy atom. The van der Waals surface area contributed by atoms with Crippen LogP contribution in [-0.2, 0) is 0 Å². The van der Waals surface area contributed by atoms with Gasteiger partial charge in [-0.05, 0) is 23.1 Å². The molecule has 0 radical (unpaired) electrons. The molecule has 0 amide bonds. The van der Waals surface area contributed by atoms with Crippen molar-refractivity contribution >= 4 is 29.7 Å². The summed E-state index contributed by atoms with van der Waals surface area (Å²) >= 11 is 6.22. The molecule has 1 aliphatic heterocycles. The predicted octanol–water partition coefficient (Wildman–Crippen LogP) is 3.70. The van der Waals surface area contributed by atoms with Gasteiger partial charge in [-0.2, -0.15) is 17.9 Å². The molecule has 2 nitrogen and oxygen atoms in total. The summed E-state index contributed by atoms with van der Waals surface area (Å²) in [6.07, 6.45) is 0. The second kappa shape index (κ2) is 4.68. The molecule has 0 aliphatic carbocycles. The molecule has 4 heteroatoms. The second-order valence-corrected chi connectivity index (χ2v) is 5.86. The SMILES string of the molecule is N#CC1C(S)Nc2ccccc2C1c1cccs1. The van der Waals surface area contributed by atoms with E-state index in [4.69, 9.17) is 0 Å². The minimum absolute atomic E-state index is 0.120. The Kier molecular flexibility index (Phi) is 3.02. The Hall–Kier alpha value is -1.44. The number of anilines is 1. The van der Waals surface area contributed by atoms with E-state index >= 15 is 0 Å². The molecule has 2 aromatic rings. The third kappa shape index (κ3) is 1.80. The number of rotatable bonds is 1. The fourth-order valence-corrected chi connectivity index (χ4v) is 3.74. The van der Waals surface area contributed by atoms with Crippen LogP contribution in [0.25, 0.3) is 0 Å². The topological polar surface area (TPSA) is 35.8 Å². The molecule has 90 valence electrons. The van der Waals surface area contributed by atoms with E-state index in [1.54, 1.807) is 11.3 Å². The number of thiophene rings is 1. The number of para-hydroxylation sites is 1. The van der Waals surface area contributed by atoms with Gasteiger partial charge < -0.3 is 5.32 Å². The lowest BCUT2D eigenvalue weighted by Gasteiger charge is -2.34. The van der Waals surface area contributed by atoms with Crippen LogP contribution >= 0.6 is 24.0 Å². The first-order valence-electron chi connectivity index (χ1n) is 5.78. The average molecular weight is 272 g/mol. The highest BCUT2D eigenvalue weighted by molar-refractivity contribution is 7.81. The van der Waals surface area contributed by atoms with Crippen molar-refractivity contribution in [1.29, 1.82) is 5.26 Å². The van der Waals surface area contributed by atoms with Gasteiger partial charge in [0.05, 0.1) is 17.4 Å². The number of thiol groups is 1. The van der Waals surface area contributed by atoms with E-state index in [9.17, 15) is 5.26 Å². The number of hydrogen-bond acceptors (Lipinski definition) is 4. The van der Waals surface area contributed by atoms with E-state index < -0.39 is 0 Å². The summed E-state index contributed by atoms with van der Waals surface area (Å²) < 4.78 is 0. The molecule has 3 rings (SSSR count). The van der Waals surface area contributed by atoms with Gasteiger partial charge >= 0.3 is 0 Å². The van der Waals surface area contributed by atoms with Crippen molar-refractivity contribution in [1.82, 2.24) is 0 Å².